The van der Waals surface area contributed by atoms with Crippen molar-refractivity contribution in [3.05, 3.63) is 117 Å². The minimum Gasteiger partial charge on any atom is -0.455 e. The van der Waals surface area contributed by atoms with E-state index < -0.39 is 36.9 Å². The molecule has 61 heavy (non-hydrogen) atoms. The molecule has 8 rings (SSSR count). The lowest BCUT2D eigenvalue weighted by molar-refractivity contribution is -0.384. The van der Waals surface area contributed by atoms with Gasteiger partial charge in [0, 0.05) is 73.7 Å². The van der Waals surface area contributed by atoms with Gasteiger partial charge in [0.1, 0.15) is 22.8 Å². The highest BCUT2D eigenvalue weighted by Gasteiger charge is 2.38. The molecule has 0 radical (unpaired) electrons. The van der Waals surface area contributed by atoms with E-state index >= 15 is 0 Å². The molecule has 0 bridgehead atoms. The molecule has 3 aliphatic rings. The molecule has 2 fully saturated rings. The molecule has 0 saturated carbocycles. The first kappa shape index (κ1) is 42.2. The van der Waals surface area contributed by atoms with Gasteiger partial charge in [-0.05, 0) is 84.3 Å². The summed E-state index contributed by atoms with van der Waals surface area (Å²) in [5, 5.41) is 26.2. The van der Waals surface area contributed by atoms with Gasteiger partial charge in [-0.15, -0.1) is 0 Å². The first-order valence-electron chi connectivity index (χ1n) is 20.2. The minimum absolute atomic E-state index is 0.0629. The van der Waals surface area contributed by atoms with E-state index in [-0.39, 0.29) is 48.8 Å². The average Bonchev–Trinajstić information content (AvgIpc) is 3.70. The number of aromatic amines is 1. The number of pyridine rings is 1. The third-order valence-corrected chi connectivity index (χ3v) is 13.4. The number of halogens is 1. The summed E-state index contributed by atoms with van der Waals surface area (Å²) >= 11 is 6.23. The Balaban J connectivity index is 1.01. The van der Waals surface area contributed by atoms with Crippen molar-refractivity contribution < 1.29 is 32.7 Å². The summed E-state index contributed by atoms with van der Waals surface area (Å²) in [7, 11) is -4.60. The number of ether oxygens (including phenoxy) is 2. The topological polar surface area (TPSA) is 192 Å². The summed E-state index contributed by atoms with van der Waals surface area (Å²) in [6.45, 7) is 9.13. The number of amides is 1. The van der Waals surface area contributed by atoms with E-state index in [9.17, 15) is 28.4 Å². The first-order valence-corrected chi connectivity index (χ1v) is 22.0. The van der Waals surface area contributed by atoms with Crippen LogP contribution in [0.5, 0.6) is 11.5 Å². The van der Waals surface area contributed by atoms with Crippen LogP contribution in [0.2, 0.25) is 5.02 Å². The molecule has 2 aromatic heterocycles. The molecule has 0 atom stereocenters. The summed E-state index contributed by atoms with van der Waals surface area (Å²) in [4.78, 5) is 36.9. The molecule has 3 aromatic carbocycles. The molecule has 2 aliphatic heterocycles. The molecular formula is C44H48ClN7O8S. The number of carbonyl (C=O) groups excluding carboxylic acids is 1. The summed E-state index contributed by atoms with van der Waals surface area (Å²) < 4.78 is 40.9. The summed E-state index contributed by atoms with van der Waals surface area (Å²) in [5.74, 6) is -0.543. The highest BCUT2D eigenvalue weighted by molar-refractivity contribution is 7.90. The fourth-order valence-corrected chi connectivity index (χ4v) is 9.23. The molecule has 17 heteroatoms. The van der Waals surface area contributed by atoms with E-state index in [1.807, 2.05) is 18.2 Å². The monoisotopic (exact) mass is 869 g/mol. The van der Waals surface area contributed by atoms with Gasteiger partial charge in [-0.1, -0.05) is 43.2 Å². The van der Waals surface area contributed by atoms with Crippen molar-refractivity contribution in [3.63, 3.8) is 0 Å². The lowest BCUT2D eigenvalue weighted by Gasteiger charge is -2.40. The number of carbonyl (C=O) groups is 1. The summed E-state index contributed by atoms with van der Waals surface area (Å²) in [6.07, 6.45) is 6.43. The van der Waals surface area contributed by atoms with E-state index in [0.717, 1.165) is 61.1 Å². The number of sulfonamides is 1. The number of nitrogens with zero attached hydrogens (tertiary/aromatic N) is 4. The lowest BCUT2D eigenvalue weighted by atomic mass is 9.72. The largest absolute Gasteiger partial charge is 0.455 e. The highest BCUT2D eigenvalue weighted by atomic mass is 35.5. The van der Waals surface area contributed by atoms with E-state index in [2.05, 4.69) is 55.8 Å². The molecule has 5 aromatic rings. The molecule has 1 amide bonds. The maximum atomic E-state index is 13.9. The maximum absolute atomic E-state index is 13.9. The second-order valence-corrected chi connectivity index (χ2v) is 19.1. The number of benzene rings is 3. The number of nitro benzene ring substituents is 1. The van der Waals surface area contributed by atoms with Crippen molar-refractivity contribution in [2.45, 2.75) is 38.0 Å². The second kappa shape index (κ2) is 17.1. The molecule has 0 unspecified atom stereocenters. The third kappa shape index (κ3) is 9.38. The van der Waals surface area contributed by atoms with Gasteiger partial charge < -0.3 is 29.8 Å². The Kier molecular flexibility index (Phi) is 11.8. The van der Waals surface area contributed by atoms with Crippen molar-refractivity contribution in [1.82, 2.24) is 19.6 Å². The fourth-order valence-electron chi connectivity index (χ4n) is 8.12. The van der Waals surface area contributed by atoms with Crippen LogP contribution in [-0.4, -0.2) is 98.3 Å². The Morgan fingerprint density at radius 2 is 1.82 bits per heavy atom. The minimum atomic E-state index is -4.60. The normalized spacial score (nSPS) is 17.8. The number of aliphatic hydroxyl groups excluding tert-OH is 1. The van der Waals surface area contributed by atoms with Gasteiger partial charge in [-0.2, -0.15) is 0 Å². The Morgan fingerprint density at radius 1 is 1.05 bits per heavy atom. The number of aromatic nitrogens is 2. The van der Waals surface area contributed by atoms with Gasteiger partial charge >= 0.3 is 0 Å². The molecule has 2 saturated heterocycles. The van der Waals surface area contributed by atoms with Gasteiger partial charge in [0.2, 0.25) is 0 Å². The van der Waals surface area contributed by atoms with Gasteiger partial charge in [-0.25, -0.2) is 18.1 Å². The number of anilines is 2. The zero-order valence-electron chi connectivity index (χ0n) is 33.9. The van der Waals surface area contributed by atoms with E-state index in [0.29, 0.717) is 24.5 Å². The zero-order chi connectivity index (χ0) is 42.9. The van der Waals surface area contributed by atoms with Crippen LogP contribution >= 0.6 is 11.6 Å². The summed E-state index contributed by atoms with van der Waals surface area (Å²) in [6, 6.07) is 20.1. The van der Waals surface area contributed by atoms with Crippen LogP contribution in [-0.2, 0) is 14.8 Å². The van der Waals surface area contributed by atoms with Gasteiger partial charge in [0.15, 0.2) is 0 Å². The molecule has 320 valence electrons. The SMILES string of the molecule is CC1(C)CCC(CN2CCN(c3ccc(C(=O)NS(=O)(=O)c4ccc(NCC5(CO)COC5)c([N+](=O)[O-])c4)c(Oc4cnc5[nH]ccc5c4)c3)CC2)=C(c2ccc(Cl)cc2)C1. The van der Waals surface area contributed by atoms with Crippen LogP contribution < -0.4 is 19.7 Å². The van der Waals surface area contributed by atoms with E-state index in [4.69, 9.17) is 21.1 Å². The van der Waals surface area contributed by atoms with Crippen LogP contribution in [0.15, 0.2) is 95.7 Å². The number of hydrogen-bond donors (Lipinski definition) is 4. The van der Waals surface area contributed by atoms with Crippen molar-refractivity contribution in [2.75, 3.05) is 69.3 Å². The Labute approximate surface area is 358 Å². The van der Waals surface area contributed by atoms with E-state index in [1.165, 1.54) is 41.1 Å². The molecule has 1 aliphatic carbocycles. The fraction of sp³-hybridized carbons (Fsp3) is 0.364. The lowest BCUT2D eigenvalue weighted by Crippen LogP contribution is -2.50. The van der Waals surface area contributed by atoms with Crippen LogP contribution in [0.25, 0.3) is 16.6 Å². The molecule has 0 spiro atoms. The summed E-state index contributed by atoms with van der Waals surface area (Å²) in [5.41, 5.74) is 4.65. The average molecular weight is 870 g/mol. The van der Waals surface area contributed by atoms with Crippen molar-refractivity contribution >= 4 is 61.2 Å². The van der Waals surface area contributed by atoms with Gasteiger partial charge in [-0.3, -0.25) is 19.8 Å². The van der Waals surface area contributed by atoms with Gasteiger partial charge in [0.05, 0.1) is 46.8 Å². The van der Waals surface area contributed by atoms with Crippen molar-refractivity contribution in [2.24, 2.45) is 10.8 Å². The van der Waals surface area contributed by atoms with Crippen LogP contribution in [0.4, 0.5) is 17.1 Å². The predicted octanol–water partition coefficient (Wildman–Crippen LogP) is 7.24. The van der Waals surface area contributed by atoms with Crippen LogP contribution in [0, 0.1) is 20.9 Å². The number of aliphatic hydroxyl groups is 1. The Morgan fingerprint density at radius 3 is 2.52 bits per heavy atom. The number of rotatable bonds is 14. The number of piperazine rings is 1. The van der Waals surface area contributed by atoms with Crippen molar-refractivity contribution in [3.8, 4) is 11.5 Å². The van der Waals surface area contributed by atoms with E-state index in [1.54, 1.807) is 24.4 Å². The number of fused-ring (bicyclic) bond motifs is 1. The molecule has 4 N–H and O–H groups in total. The quantitative estimate of drug-likeness (QED) is 0.0647. The molecular weight excluding hydrogens is 822 g/mol. The third-order valence-electron chi connectivity index (χ3n) is 11.9. The Hall–Kier alpha value is -5.52. The smallest absolute Gasteiger partial charge is 0.293 e. The number of hydrogen-bond acceptors (Lipinski definition) is 12. The highest BCUT2D eigenvalue weighted by Crippen LogP contribution is 2.43. The number of nitro groups is 1. The number of allylic oxidation sites excluding steroid dienone is 1. The second-order valence-electron chi connectivity index (χ2n) is 16.9. The molecule has 4 heterocycles. The standard InChI is InChI=1S/C44H48ClN7O8S/c1-43(2)13-11-31(37(22-43)29-3-5-32(45)6-4-29)24-50-15-17-51(18-16-50)33-7-9-36(40(20-33)60-34-19-30-12-14-46-41(30)47-23-34)42(54)49-61(57,58)35-8-10-38(39(21-35)52(55)56)48-25-44(26-53)27-59-28-44/h3-10,12,14,19-21,23,48,53H,11,13,15-18,22,24-28H2,1-2H3,(H,46,47)(H,49,54). The predicted molar refractivity (Wildman–Crippen MR) is 234 cm³/mol. The molecule has 15 nitrogen and oxygen atoms in total. The van der Waals surface area contributed by atoms with Crippen LogP contribution in [0.3, 0.4) is 0 Å². The maximum Gasteiger partial charge on any atom is 0.293 e. The first-order chi connectivity index (χ1) is 29.2. The Bertz CT molecular complexity index is 2600. The number of H-pyrrole nitrogens is 1. The zero-order valence-corrected chi connectivity index (χ0v) is 35.5. The van der Waals surface area contributed by atoms with Gasteiger partial charge in [0.25, 0.3) is 21.6 Å². The number of nitrogens with one attached hydrogen (secondary N) is 3. The van der Waals surface area contributed by atoms with Crippen LogP contribution in [0.1, 0.15) is 49.0 Å². The van der Waals surface area contributed by atoms with Crippen molar-refractivity contribution in [1.29, 1.82) is 0 Å².